The van der Waals surface area contributed by atoms with Gasteiger partial charge >= 0.3 is 6.09 Å². The quantitative estimate of drug-likeness (QED) is 0.452. The summed E-state index contributed by atoms with van der Waals surface area (Å²) in [6.45, 7) is 5.92. The average molecular weight is 397 g/mol. The van der Waals surface area contributed by atoms with Gasteiger partial charge < -0.3 is 14.8 Å². The van der Waals surface area contributed by atoms with Gasteiger partial charge in [0.05, 0.1) is 6.04 Å². The Morgan fingerprint density at radius 3 is 2.48 bits per heavy atom. The van der Waals surface area contributed by atoms with Gasteiger partial charge in [0.25, 0.3) is 0 Å². The highest BCUT2D eigenvalue weighted by molar-refractivity contribution is 6.22. The third-order valence-electron chi connectivity index (χ3n) is 4.01. The fourth-order valence-corrected chi connectivity index (χ4v) is 2.75. The van der Waals surface area contributed by atoms with Crippen LogP contribution in [0.1, 0.15) is 52.0 Å². The van der Waals surface area contributed by atoms with Gasteiger partial charge in [0.15, 0.2) is 0 Å². The highest BCUT2D eigenvalue weighted by Crippen LogP contribution is 2.17. The molecule has 1 aromatic rings. The first kappa shape index (κ1) is 23.0. The van der Waals surface area contributed by atoms with Crippen molar-refractivity contribution in [1.29, 1.82) is 0 Å². The largest absolute Gasteiger partial charge is 0.444 e. The number of nitrogens with zero attached hydrogens (tertiary/aromatic N) is 1. The first-order chi connectivity index (χ1) is 12.9. The highest BCUT2D eigenvalue weighted by atomic mass is 35.5. The molecule has 0 fully saturated rings. The smallest absolute Gasteiger partial charge is 0.425 e. The lowest BCUT2D eigenvalue weighted by Crippen LogP contribution is -2.49. The molecule has 0 aromatic heterocycles. The normalized spacial score (nSPS) is 12.9. The van der Waals surface area contributed by atoms with Gasteiger partial charge in [0, 0.05) is 11.8 Å². The zero-order valence-electron chi connectivity index (χ0n) is 16.2. The van der Waals surface area contributed by atoms with E-state index in [0.29, 0.717) is 19.1 Å². The number of amides is 2. The van der Waals surface area contributed by atoms with E-state index >= 15 is 0 Å². The third-order valence-corrected chi connectivity index (χ3v) is 4.38. The average Bonchev–Trinajstić information content (AvgIpc) is 2.67. The minimum Gasteiger partial charge on any atom is -0.444 e. The van der Waals surface area contributed by atoms with Crippen LogP contribution in [0.2, 0.25) is 0 Å². The third kappa shape index (κ3) is 8.43. The van der Waals surface area contributed by atoms with Crippen LogP contribution in [0.25, 0.3) is 0 Å². The molecule has 27 heavy (non-hydrogen) atoms. The molecule has 0 aliphatic carbocycles. The molecule has 150 valence electrons. The maximum Gasteiger partial charge on any atom is 0.425 e. The molecule has 1 rings (SSSR count). The molecule has 7 heteroatoms. The molecule has 0 aliphatic heterocycles. The van der Waals surface area contributed by atoms with E-state index in [1.807, 2.05) is 51.1 Å². The molecule has 0 bridgehead atoms. The molecule has 0 unspecified atom stereocenters. The molecule has 2 amide bonds. The molecule has 6 nitrogen and oxygen atoms in total. The lowest BCUT2D eigenvalue weighted by atomic mass is 10.0. The van der Waals surface area contributed by atoms with Crippen molar-refractivity contribution in [2.75, 3.05) is 0 Å². The molecule has 2 atom stereocenters. The number of hydrogen-bond donors (Lipinski definition) is 1. The van der Waals surface area contributed by atoms with E-state index in [-0.39, 0.29) is 12.5 Å². The van der Waals surface area contributed by atoms with Gasteiger partial charge in [-0.05, 0) is 24.3 Å². The van der Waals surface area contributed by atoms with E-state index in [0.717, 1.165) is 22.8 Å². The van der Waals surface area contributed by atoms with Crippen LogP contribution >= 0.6 is 11.8 Å². The van der Waals surface area contributed by atoms with Crippen molar-refractivity contribution in [3.63, 3.8) is 0 Å². The van der Waals surface area contributed by atoms with Crippen LogP contribution in [-0.2, 0) is 20.9 Å². The molecule has 0 heterocycles. The standard InChI is InChI=1S/C20H29ClN2O4/c1-4-5-11-17(13-24)22-19(25)18(12-15(2)3)23(21)20(26)27-14-16-9-7-6-8-10-16/h6-10,13,15,17-18H,4-5,11-12,14H2,1-3H3,(H,22,25)/t17-,18-/m0/s1. The van der Waals surface area contributed by atoms with Gasteiger partial charge in [-0.25, -0.2) is 9.21 Å². The van der Waals surface area contributed by atoms with Crippen LogP contribution in [0.5, 0.6) is 0 Å². The number of carbonyl (C=O) groups excluding carboxylic acids is 3. The van der Waals surface area contributed by atoms with Crippen molar-refractivity contribution in [3.05, 3.63) is 35.9 Å². The van der Waals surface area contributed by atoms with E-state index in [2.05, 4.69) is 5.32 Å². The lowest BCUT2D eigenvalue weighted by Gasteiger charge is -2.26. The van der Waals surface area contributed by atoms with Crippen molar-refractivity contribution < 1.29 is 19.1 Å². The summed E-state index contributed by atoms with van der Waals surface area (Å²) in [4.78, 5) is 36.1. The Bertz CT molecular complexity index is 595. The Kier molecular flexibility index (Phi) is 10.5. The van der Waals surface area contributed by atoms with E-state index in [9.17, 15) is 14.4 Å². The molecular weight excluding hydrogens is 368 g/mol. The molecular formula is C20H29ClN2O4. The summed E-state index contributed by atoms with van der Waals surface area (Å²) in [6.07, 6.45) is 2.57. The first-order valence-electron chi connectivity index (χ1n) is 9.30. The van der Waals surface area contributed by atoms with E-state index < -0.39 is 24.1 Å². The topological polar surface area (TPSA) is 75.7 Å². The molecule has 1 aromatic carbocycles. The van der Waals surface area contributed by atoms with Gasteiger partial charge in [-0.1, -0.05) is 63.9 Å². The predicted octanol–water partition coefficient (Wildman–Crippen LogP) is 4.07. The fraction of sp³-hybridized carbons (Fsp3) is 0.550. The van der Waals surface area contributed by atoms with Gasteiger partial charge in [0.2, 0.25) is 5.91 Å². The van der Waals surface area contributed by atoms with Gasteiger partial charge in [-0.2, -0.15) is 0 Å². The number of carbonyl (C=O) groups is 3. The van der Waals surface area contributed by atoms with Crippen molar-refractivity contribution in [2.24, 2.45) is 5.92 Å². The van der Waals surface area contributed by atoms with Crippen LogP contribution in [-0.4, -0.2) is 34.8 Å². The number of nitrogens with one attached hydrogen (secondary N) is 1. The first-order valence-corrected chi connectivity index (χ1v) is 9.64. The second-order valence-electron chi connectivity index (χ2n) is 6.89. The number of halogens is 1. The van der Waals surface area contributed by atoms with Crippen molar-refractivity contribution in [3.8, 4) is 0 Å². The number of benzene rings is 1. The van der Waals surface area contributed by atoms with Gasteiger partial charge in [-0.15, -0.1) is 0 Å². The van der Waals surface area contributed by atoms with Gasteiger partial charge in [0.1, 0.15) is 18.9 Å². The summed E-state index contributed by atoms with van der Waals surface area (Å²) in [5, 5.41) is 2.68. The fourth-order valence-electron chi connectivity index (χ4n) is 2.53. The maximum absolute atomic E-state index is 12.6. The zero-order valence-corrected chi connectivity index (χ0v) is 16.9. The van der Waals surface area contributed by atoms with Crippen LogP contribution in [0.4, 0.5) is 4.79 Å². The summed E-state index contributed by atoms with van der Waals surface area (Å²) in [7, 11) is 0. The van der Waals surface area contributed by atoms with Crippen LogP contribution in [0, 0.1) is 5.92 Å². The number of ether oxygens (including phenoxy) is 1. The predicted molar refractivity (Wildman–Crippen MR) is 105 cm³/mol. The Balaban J connectivity index is 2.73. The molecule has 1 N–H and O–H groups in total. The zero-order chi connectivity index (χ0) is 20.2. The Hall–Kier alpha value is -2.08. The number of hydrogen-bond acceptors (Lipinski definition) is 4. The second kappa shape index (κ2) is 12.3. The molecule has 0 saturated carbocycles. The number of aldehydes is 1. The minimum absolute atomic E-state index is 0.0619. The van der Waals surface area contributed by atoms with E-state index in [4.69, 9.17) is 16.5 Å². The van der Waals surface area contributed by atoms with Crippen LogP contribution in [0.3, 0.4) is 0 Å². The van der Waals surface area contributed by atoms with Crippen molar-refractivity contribution in [1.82, 2.24) is 9.74 Å². The lowest BCUT2D eigenvalue weighted by molar-refractivity contribution is -0.127. The molecule has 0 spiro atoms. The monoisotopic (exact) mass is 396 g/mol. The van der Waals surface area contributed by atoms with E-state index in [1.54, 1.807) is 0 Å². The Morgan fingerprint density at radius 1 is 1.26 bits per heavy atom. The summed E-state index contributed by atoms with van der Waals surface area (Å²) in [5.41, 5.74) is 0.821. The summed E-state index contributed by atoms with van der Waals surface area (Å²) in [5.74, 6) is -0.335. The van der Waals surface area contributed by atoms with Crippen molar-refractivity contribution >= 4 is 30.1 Å². The SMILES string of the molecule is CCCC[C@@H](C=O)NC(=O)[C@H](CC(C)C)N(Cl)C(=O)OCc1ccccc1. The van der Waals surface area contributed by atoms with Crippen molar-refractivity contribution in [2.45, 2.75) is 65.1 Å². The maximum atomic E-state index is 12.6. The molecule has 0 saturated heterocycles. The summed E-state index contributed by atoms with van der Waals surface area (Å²) in [6, 6.07) is 7.69. The molecule has 0 aliphatic rings. The second-order valence-corrected chi connectivity index (χ2v) is 7.25. The number of unbranched alkanes of at least 4 members (excludes halogenated alkanes) is 1. The van der Waals surface area contributed by atoms with Gasteiger partial charge in [-0.3, -0.25) is 4.79 Å². The minimum atomic E-state index is -0.918. The van der Waals surface area contributed by atoms with E-state index in [1.165, 1.54) is 0 Å². The van der Waals surface area contributed by atoms with Crippen LogP contribution < -0.4 is 5.32 Å². The highest BCUT2D eigenvalue weighted by Gasteiger charge is 2.32. The summed E-state index contributed by atoms with van der Waals surface area (Å²) < 4.78 is 6.00. The van der Waals surface area contributed by atoms with Crippen LogP contribution in [0.15, 0.2) is 30.3 Å². The Morgan fingerprint density at radius 2 is 1.93 bits per heavy atom. The number of rotatable bonds is 11. The molecule has 0 radical (unpaired) electrons. The summed E-state index contributed by atoms with van der Waals surface area (Å²) >= 11 is 6.14. The Labute approximate surface area is 166 Å².